The van der Waals surface area contributed by atoms with Gasteiger partial charge >= 0.3 is 0 Å². The number of hydrogen-bond donors (Lipinski definition) is 0. The highest BCUT2D eigenvalue weighted by atomic mass is 16.5. The number of benzene rings is 1. The van der Waals surface area contributed by atoms with E-state index in [9.17, 15) is 0 Å². The molecule has 130 valence electrons. The van der Waals surface area contributed by atoms with Crippen LogP contribution < -0.4 is 4.74 Å². The van der Waals surface area contributed by atoms with Crippen molar-refractivity contribution in [1.29, 1.82) is 5.26 Å². The third-order valence-electron chi connectivity index (χ3n) is 4.93. The molecule has 1 aromatic heterocycles. The molecule has 1 unspecified atom stereocenters. The zero-order valence-corrected chi connectivity index (χ0v) is 14.2. The van der Waals surface area contributed by atoms with Gasteiger partial charge in [-0.3, -0.25) is 4.90 Å². The molecule has 2 heterocycles. The van der Waals surface area contributed by atoms with Crippen molar-refractivity contribution in [3.63, 3.8) is 0 Å². The van der Waals surface area contributed by atoms with Crippen molar-refractivity contribution in [1.82, 2.24) is 15.0 Å². The molecule has 0 amide bonds. The first kappa shape index (κ1) is 16.1. The van der Waals surface area contributed by atoms with E-state index in [1.165, 1.54) is 12.8 Å². The number of likely N-dealkylation sites (tertiary alicyclic amines) is 1. The maximum atomic E-state index is 9.11. The minimum atomic E-state index is 0.344. The van der Waals surface area contributed by atoms with Gasteiger partial charge in [0.1, 0.15) is 18.4 Å². The first-order chi connectivity index (χ1) is 12.3. The van der Waals surface area contributed by atoms with Gasteiger partial charge in [0.05, 0.1) is 5.56 Å². The molecule has 4 rings (SSSR count). The highest BCUT2D eigenvalue weighted by Gasteiger charge is 2.32. The Morgan fingerprint density at radius 1 is 1.24 bits per heavy atom. The summed E-state index contributed by atoms with van der Waals surface area (Å²) in [6.07, 6.45) is 4.60. The highest BCUT2D eigenvalue weighted by molar-refractivity contribution is 5.42. The zero-order valence-electron chi connectivity index (χ0n) is 14.2. The fraction of sp³-hybridized carbons (Fsp3) is 0.526. The first-order valence-corrected chi connectivity index (χ1v) is 9.01. The van der Waals surface area contributed by atoms with E-state index in [2.05, 4.69) is 21.1 Å². The molecule has 2 aromatic rings. The Hall–Kier alpha value is -2.39. The van der Waals surface area contributed by atoms with Gasteiger partial charge in [0.25, 0.3) is 0 Å². The van der Waals surface area contributed by atoms with Crippen LogP contribution in [0.1, 0.15) is 54.8 Å². The van der Waals surface area contributed by atoms with Gasteiger partial charge in [0.15, 0.2) is 5.82 Å². The molecular weight excluding hydrogens is 316 g/mol. The van der Waals surface area contributed by atoms with Crippen LogP contribution in [0, 0.1) is 11.3 Å². The number of ether oxygens (including phenoxy) is 1. The van der Waals surface area contributed by atoms with Crippen LogP contribution in [0.3, 0.4) is 0 Å². The smallest absolute Gasteiger partial charge is 0.229 e. The van der Waals surface area contributed by atoms with Crippen molar-refractivity contribution in [2.45, 2.75) is 37.5 Å². The Labute approximate surface area is 147 Å². The number of hydrogen-bond acceptors (Lipinski definition) is 6. The minimum Gasteiger partial charge on any atom is -0.491 e. The number of nitrogens with zero attached hydrogens (tertiary/aromatic N) is 4. The average Bonchev–Trinajstić information content (AvgIpc) is 3.39. The molecule has 1 saturated carbocycles. The van der Waals surface area contributed by atoms with Crippen LogP contribution in [0.25, 0.3) is 0 Å². The molecule has 1 aliphatic heterocycles. The van der Waals surface area contributed by atoms with E-state index < -0.39 is 0 Å². The van der Waals surface area contributed by atoms with Crippen molar-refractivity contribution < 1.29 is 9.26 Å². The van der Waals surface area contributed by atoms with Gasteiger partial charge in [0.2, 0.25) is 5.89 Å². The average molecular weight is 338 g/mol. The maximum absolute atomic E-state index is 9.11. The molecule has 2 aliphatic rings. The van der Waals surface area contributed by atoms with E-state index in [0.717, 1.165) is 44.2 Å². The fourth-order valence-corrected chi connectivity index (χ4v) is 3.35. The summed E-state index contributed by atoms with van der Waals surface area (Å²) in [6, 6.07) is 9.52. The van der Waals surface area contributed by atoms with E-state index in [-0.39, 0.29) is 0 Å². The highest BCUT2D eigenvalue weighted by Crippen LogP contribution is 2.39. The summed E-state index contributed by atoms with van der Waals surface area (Å²) in [5, 5.41) is 13.3. The summed E-state index contributed by atoms with van der Waals surface area (Å²) in [5.74, 6) is 3.20. The summed E-state index contributed by atoms with van der Waals surface area (Å²) in [6.45, 7) is 3.41. The molecule has 2 fully saturated rings. The third kappa shape index (κ3) is 3.83. The van der Waals surface area contributed by atoms with Gasteiger partial charge in [-0.25, -0.2) is 0 Å². The predicted molar refractivity (Wildman–Crippen MR) is 91.3 cm³/mol. The van der Waals surface area contributed by atoms with Crippen LogP contribution in [-0.2, 0) is 0 Å². The monoisotopic (exact) mass is 338 g/mol. The largest absolute Gasteiger partial charge is 0.491 e. The zero-order chi connectivity index (χ0) is 17.1. The van der Waals surface area contributed by atoms with Crippen molar-refractivity contribution in [3.05, 3.63) is 41.5 Å². The Balaban J connectivity index is 1.30. The summed E-state index contributed by atoms with van der Waals surface area (Å²) < 4.78 is 11.2. The van der Waals surface area contributed by atoms with Gasteiger partial charge in [-0.1, -0.05) is 17.3 Å². The van der Waals surface area contributed by atoms with Gasteiger partial charge in [-0.15, -0.1) is 0 Å². The molecule has 6 heteroatoms. The molecule has 1 atom stereocenters. The summed E-state index contributed by atoms with van der Waals surface area (Å²) in [5.41, 5.74) is 0.582. The van der Waals surface area contributed by atoms with Crippen LogP contribution in [0.2, 0.25) is 0 Å². The Morgan fingerprint density at radius 3 is 2.96 bits per heavy atom. The van der Waals surface area contributed by atoms with Gasteiger partial charge in [0, 0.05) is 24.9 Å². The van der Waals surface area contributed by atoms with Crippen LogP contribution >= 0.6 is 0 Å². The molecule has 25 heavy (non-hydrogen) atoms. The summed E-state index contributed by atoms with van der Waals surface area (Å²) in [7, 11) is 0. The summed E-state index contributed by atoms with van der Waals surface area (Å²) >= 11 is 0. The molecule has 0 spiro atoms. The third-order valence-corrected chi connectivity index (χ3v) is 4.93. The predicted octanol–water partition coefficient (Wildman–Crippen LogP) is 3.08. The Kier molecular flexibility index (Phi) is 4.66. The van der Waals surface area contributed by atoms with Crippen LogP contribution in [0.4, 0.5) is 0 Å². The van der Waals surface area contributed by atoms with Crippen molar-refractivity contribution in [2.75, 3.05) is 26.2 Å². The second-order valence-electron chi connectivity index (χ2n) is 6.86. The van der Waals surface area contributed by atoms with Crippen molar-refractivity contribution in [2.24, 2.45) is 0 Å². The molecular formula is C19H22N4O2. The van der Waals surface area contributed by atoms with E-state index in [1.54, 1.807) is 6.07 Å². The Morgan fingerprint density at radius 2 is 2.12 bits per heavy atom. The molecule has 1 saturated heterocycles. The van der Waals surface area contributed by atoms with Crippen LogP contribution in [0.15, 0.2) is 28.8 Å². The molecule has 1 aliphatic carbocycles. The second kappa shape index (κ2) is 7.24. The molecule has 6 nitrogen and oxygen atoms in total. The van der Waals surface area contributed by atoms with Gasteiger partial charge in [-0.2, -0.15) is 10.2 Å². The molecule has 0 radical (unpaired) electrons. The van der Waals surface area contributed by atoms with E-state index in [1.807, 2.05) is 18.2 Å². The standard InChI is InChI=1S/C19H22N4O2/c20-12-15-4-1-2-6-17(15)24-11-10-23-9-3-5-16(13-23)18-21-19(25-22-18)14-7-8-14/h1-2,4,6,14,16H,3,5,7-11,13H2. The Bertz CT molecular complexity index is 763. The van der Waals surface area contributed by atoms with Crippen LogP contribution in [0.5, 0.6) is 5.75 Å². The van der Waals surface area contributed by atoms with Crippen LogP contribution in [-0.4, -0.2) is 41.3 Å². The summed E-state index contributed by atoms with van der Waals surface area (Å²) in [4.78, 5) is 6.99. The number of rotatable bonds is 6. The van der Waals surface area contributed by atoms with E-state index in [0.29, 0.717) is 29.8 Å². The maximum Gasteiger partial charge on any atom is 0.229 e. The normalized spacial score (nSPS) is 21.0. The quantitative estimate of drug-likeness (QED) is 0.806. The van der Waals surface area contributed by atoms with Crippen molar-refractivity contribution in [3.8, 4) is 11.8 Å². The lowest BCUT2D eigenvalue weighted by Crippen LogP contribution is -2.37. The van der Waals surface area contributed by atoms with Gasteiger partial charge in [-0.05, 0) is 44.4 Å². The number of piperidine rings is 1. The van der Waals surface area contributed by atoms with E-state index in [4.69, 9.17) is 14.5 Å². The molecule has 0 bridgehead atoms. The lowest BCUT2D eigenvalue weighted by Gasteiger charge is -2.31. The second-order valence-corrected chi connectivity index (χ2v) is 6.86. The fourth-order valence-electron chi connectivity index (χ4n) is 3.35. The SMILES string of the molecule is N#Cc1ccccc1OCCN1CCCC(c2noc(C3CC3)n2)C1. The minimum absolute atomic E-state index is 0.344. The number of aromatic nitrogens is 2. The van der Waals surface area contributed by atoms with Gasteiger partial charge < -0.3 is 9.26 Å². The topological polar surface area (TPSA) is 75.2 Å². The number of nitriles is 1. The molecule has 0 N–H and O–H groups in total. The number of para-hydroxylation sites is 1. The molecule has 1 aromatic carbocycles. The van der Waals surface area contributed by atoms with Crippen molar-refractivity contribution >= 4 is 0 Å². The van der Waals surface area contributed by atoms with E-state index >= 15 is 0 Å². The lowest BCUT2D eigenvalue weighted by molar-refractivity contribution is 0.166. The lowest BCUT2D eigenvalue weighted by atomic mass is 9.97. The first-order valence-electron chi connectivity index (χ1n) is 9.01.